The Morgan fingerprint density at radius 2 is 1.70 bits per heavy atom. The van der Waals surface area contributed by atoms with Crippen molar-refractivity contribution in [2.75, 3.05) is 14.2 Å². The Kier molecular flexibility index (Phi) is 5.26. The van der Waals surface area contributed by atoms with Gasteiger partial charge >= 0.3 is 11.9 Å². The number of carbonyl (C=O) groups is 2. The van der Waals surface area contributed by atoms with E-state index in [1.807, 2.05) is 36.4 Å². The van der Waals surface area contributed by atoms with E-state index in [-0.39, 0.29) is 0 Å². The van der Waals surface area contributed by atoms with Crippen molar-refractivity contribution in [3.63, 3.8) is 0 Å². The van der Waals surface area contributed by atoms with Gasteiger partial charge in [0, 0.05) is 17.0 Å². The monoisotopic (exact) mass is 367 g/mol. The number of allylic oxidation sites excluding steroid dienone is 1. The van der Waals surface area contributed by atoms with Gasteiger partial charge in [-0.25, -0.2) is 4.79 Å². The number of esters is 2. The van der Waals surface area contributed by atoms with Crippen LogP contribution in [-0.4, -0.2) is 31.9 Å². The van der Waals surface area contributed by atoms with E-state index in [1.165, 1.54) is 14.2 Å². The molecule has 0 amide bonds. The number of methoxy groups -OCH3 is 2. The van der Waals surface area contributed by atoms with Crippen molar-refractivity contribution in [3.8, 4) is 11.3 Å². The van der Waals surface area contributed by atoms with Gasteiger partial charge < -0.3 is 13.9 Å². The first kappa shape index (κ1) is 18.6. The topological polar surface area (TPSA) is 78.1 Å². The zero-order chi connectivity index (χ0) is 19.6. The summed E-state index contributed by atoms with van der Waals surface area (Å²) in [6, 6.07) is 13.2. The molecule has 2 heterocycles. The number of hydrogen-bond donors (Lipinski definition) is 0. The zero-order valence-corrected chi connectivity index (χ0v) is 15.7. The maximum absolute atomic E-state index is 12.5. The Labute approximate surface area is 157 Å². The molecule has 1 unspecified atom stereocenters. The van der Waals surface area contributed by atoms with Gasteiger partial charge in [-0.3, -0.25) is 9.79 Å². The first-order chi connectivity index (χ1) is 13.0. The van der Waals surface area contributed by atoms with E-state index >= 15 is 0 Å². The summed E-state index contributed by atoms with van der Waals surface area (Å²) in [5.74, 6) is -1.31. The number of hydrogen-bond acceptors (Lipinski definition) is 6. The van der Waals surface area contributed by atoms with Crippen LogP contribution in [0.25, 0.3) is 11.3 Å². The summed E-state index contributed by atoms with van der Waals surface area (Å²) >= 11 is 0. The van der Waals surface area contributed by atoms with Gasteiger partial charge in [-0.15, -0.1) is 0 Å². The first-order valence-corrected chi connectivity index (χ1v) is 8.55. The second-order valence-corrected chi connectivity index (χ2v) is 6.29. The van der Waals surface area contributed by atoms with E-state index in [9.17, 15) is 9.59 Å². The van der Waals surface area contributed by atoms with Crippen molar-refractivity contribution in [1.29, 1.82) is 0 Å². The van der Waals surface area contributed by atoms with E-state index in [1.54, 1.807) is 19.9 Å². The van der Waals surface area contributed by atoms with Gasteiger partial charge in [0.1, 0.15) is 17.4 Å². The van der Waals surface area contributed by atoms with Crippen molar-refractivity contribution in [2.24, 2.45) is 10.9 Å². The van der Waals surface area contributed by atoms with Crippen molar-refractivity contribution in [2.45, 2.75) is 19.8 Å². The van der Waals surface area contributed by atoms with Gasteiger partial charge in [-0.1, -0.05) is 30.3 Å². The summed E-state index contributed by atoms with van der Waals surface area (Å²) in [6.07, 6.45) is 0. The molecule has 0 N–H and O–H groups in total. The molecule has 1 aliphatic heterocycles. The lowest BCUT2D eigenvalue weighted by molar-refractivity contribution is -0.144. The zero-order valence-electron chi connectivity index (χ0n) is 15.7. The van der Waals surface area contributed by atoms with Gasteiger partial charge in [0.2, 0.25) is 0 Å². The van der Waals surface area contributed by atoms with Crippen molar-refractivity contribution >= 4 is 17.7 Å². The van der Waals surface area contributed by atoms with Gasteiger partial charge in [-0.2, -0.15) is 0 Å². The molecule has 3 rings (SSSR count). The van der Waals surface area contributed by atoms with E-state index in [4.69, 9.17) is 13.9 Å². The molecule has 1 aliphatic rings. The average molecular weight is 367 g/mol. The Balaban J connectivity index is 2.13. The van der Waals surface area contributed by atoms with Crippen LogP contribution >= 0.6 is 0 Å². The minimum atomic E-state index is -0.762. The minimum absolute atomic E-state index is 0.299. The molecule has 1 aromatic heterocycles. The number of ether oxygens (including phenoxy) is 2. The van der Waals surface area contributed by atoms with E-state index in [2.05, 4.69) is 4.99 Å². The van der Waals surface area contributed by atoms with Crippen LogP contribution < -0.4 is 0 Å². The normalized spacial score (nSPS) is 19.5. The second kappa shape index (κ2) is 7.61. The van der Waals surface area contributed by atoms with Gasteiger partial charge in [0.05, 0.1) is 25.7 Å². The molecule has 0 saturated carbocycles. The van der Waals surface area contributed by atoms with Crippen LogP contribution in [0.15, 0.2) is 63.1 Å². The maximum Gasteiger partial charge on any atom is 0.336 e. The second-order valence-electron chi connectivity index (χ2n) is 6.29. The standard InChI is InChI=1S/C21H21NO5/c1-12-17(20(23)25-3)19(18(13(2)22-12)21(24)26-4)16-11-10-15(27-16)14-8-6-5-7-9-14/h5-11,17,19H,1-4H3/t17?,19-/m0/s1. The number of rotatable bonds is 4. The highest BCUT2D eigenvalue weighted by Gasteiger charge is 2.43. The van der Waals surface area contributed by atoms with Crippen molar-refractivity contribution in [1.82, 2.24) is 0 Å². The molecule has 0 fully saturated rings. The van der Waals surface area contributed by atoms with E-state index in [0.717, 1.165) is 5.56 Å². The van der Waals surface area contributed by atoms with Crippen LogP contribution in [0.5, 0.6) is 0 Å². The molecule has 27 heavy (non-hydrogen) atoms. The van der Waals surface area contributed by atoms with Gasteiger partial charge in [-0.05, 0) is 26.0 Å². The average Bonchev–Trinajstić information content (AvgIpc) is 3.17. The number of benzene rings is 1. The molecule has 1 aromatic carbocycles. The molecular weight excluding hydrogens is 346 g/mol. The summed E-state index contributed by atoms with van der Waals surface area (Å²) in [6.45, 7) is 3.46. The van der Waals surface area contributed by atoms with Crippen LogP contribution in [0.1, 0.15) is 25.5 Å². The Hall–Kier alpha value is -3.15. The fourth-order valence-corrected chi connectivity index (χ4v) is 3.43. The van der Waals surface area contributed by atoms with Gasteiger partial charge in [0.25, 0.3) is 0 Å². The summed E-state index contributed by atoms with van der Waals surface area (Å²) in [4.78, 5) is 29.3. The van der Waals surface area contributed by atoms with Crippen LogP contribution in [-0.2, 0) is 19.1 Å². The van der Waals surface area contributed by atoms with Crippen molar-refractivity contribution < 1.29 is 23.5 Å². The molecule has 2 aromatic rings. The molecule has 6 heteroatoms. The quantitative estimate of drug-likeness (QED) is 0.769. The summed E-state index contributed by atoms with van der Waals surface area (Å²) in [5.41, 5.74) is 2.27. The van der Waals surface area contributed by atoms with E-state index < -0.39 is 23.8 Å². The fourth-order valence-electron chi connectivity index (χ4n) is 3.43. The molecule has 0 saturated heterocycles. The summed E-state index contributed by atoms with van der Waals surface area (Å²) < 4.78 is 16.0. The predicted molar refractivity (Wildman–Crippen MR) is 100 cm³/mol. The molecule has 2 atom stereocenters. The third kappa shape index (κ3) is 3.43. The van der Waals surface area contributed by atoms with Crippen LogP contribution in [0.3, 0.4) is 0 Å². The highest BCUT2D eigenvalue weighted by Crippen LogP contribution is 2.41. The molecule has 140 valence electrons. The Bertz CT molecular complexity index is 923. The minimum Gasteiger partial charge on any atom is -0.468 e. The lowest BCUT2D eigenvalue weighted by Crippen LogP contribution is -2.35. The number of nitrogens with zero attached hydrogens (tertiary/aromatic N) is 1. The molecule has 0 bridgehead atoms. The van der Waals surface area contributed by atoms with Crippen molar-refractivity contribution in [3.05, 3.63) is 59.5 Å². The molecule has 6 nitrogen and oxygen atoms in total. The number of carbonyl (C=O) groups excluding carboxylic acids is 2. The predicted octanol–water partition coefficient (Wildman–Crippen LogP) is 3.74. The third-order valence-corrected chi connectivity index (χ3v) is 4.68. The number of furan rings is 1. The summed E-state index contributed by atoms with van der Waals surface area (Å²) in [5, 5.41) is 0. The molecule has 0 radical (unpaired) electrons. The third-order valence-electron chi connectivity index (χ3n) is 4.68. The fraction of sp³-hybridized carbons (Fsp3) is 0.286. The van der Waals surface area contributed by atoms with Crippen LogP contribution in [0.4, 0.5) is 0 Å². The highest BCUT2D eigenvalue weighted by atomic mass is 16.5. The van der Waals surface area contributed by atoms with Crippen LogP contribution in [0, 0.1) is 5.92 Å². The largest absolute Gasteiger partial charge is 0.468 e. The van der Waals surface area contributed by atoms with Gasteiger partial charge in [0.15, 0.2) is 0 Å². The number of aliphatic imine (C=N–C) groups is 1. The molecule has 0 aliphatic carbocycles. The Morgan fingerprint density at radius 3 is 2.33 bits per heavy atom. The lowest BCUT2D eigenvalue weighted by Gasteiger charge is -2.29. The first-order valence-electron chi connectivity index (χ1n) is 8.55. The molecule has 0 spiro atoms. The Morgan fingerprint density at radius 1 is 1.00 bits per heavy atom. The van der Waals surface area contributed by atoms with Crippen LogP contribution in [0.2, 0.25) is 0 Å². The summed E-state index contributed by atoms with van der Waals surface area (Å²) in [7, 11) is 2.61. The lowest BCUT2D eigenvalue weighted by atomic mass is 9.78. The SMILES string of the molecule is COC(=O)C1=C(C)N=C(C)C(C(=O)OC)[C@@H]1c1ccc(-c2ccccc2)o1. The highest BCUT2D eigenvalue weighted by molar-refractivity contribution is 6.06. The smallest absolute Gasteiger partial charge is 0.336 e. The van der Waals surface area contributed by atoms with E-state index in [0.29, 0.717) is 28.5 Å². The maximum atomic E-state index is 12.5. The molecular formula is C21H21NO5.